The molecule has 1 atom stereocenters. The molecular formula is C23H24N2O. The molecule has 2 N–H and O–H groups in total. The first-order valence-electron chi connectivity index (χ1n) is 9.15. The first-order valence-corrected chi connectivity index (χ1v) is 9.15. The van der Waals surface area contributed by atoms with Gasteiger partial charge in [-0.1, -0.05) is 54.1 Å². The van der Waals surface area contributed by atoms with Gasteiger partial charge >= 0.3 is 0 Å². The van der Waals surface area contributed by atoms with E-state index in [4.69, 9.17) is 5.73 Å². The van der Waals surface area contributed by atoms with E-state index in [1.54, 1.807) is 0 Å². The summed E-state index contributed by atoms with van der Waals surface area (Å²) in [5, 5.41) is 0. The second-order valence-electron chi connectivity index (χ2n) is 7.27. The molecule has 0 aliphatic heterocycles. The highest BCUT2D eigenvalue weighted by Gasteiger charge is 2.30. The fourth-order valence-electron chi connectivity index (χ4n) is 4.50. The number of carbonyl (C=O) groups excluding carboxylic acids is 1. The summed E-state index contributed by atoms with van der Waals surface area (Å²) >= 11 is 0. The standard InChI is InChI=1S/C23H24N2O/c1-14-8-10-18(11-9-14)21-15(2)25(16(3)22(21)23(24)26)20-13-12-17-6-4-5-7-19(17)20/h4-11,20H,12-13H2,1-3H3,(H2,24,26). The van der Waals surface area contributed by atoms with Gasteiger partial charge in [0.2, 0.25) is 0 Å². The van der Waals surface area contributed by atoms with Gasteiger partial charge in [0.25, 0.3) is 5.91 Å². The minimum Gasteiger partial charge on any atom is -0.366 e. The molecular weight excluding hydrogens is 320 g/mol. The Morgan fingerprint density at radius 2 is 1.69 bits per heavy atom. The zero-order valence-corrected chi connectivity index (χ0v) is 15.5. The fraction of sp³-hybridized carbons (Fsp3) is 0.261. The number of rotatable bonds is 3. The number of benzene rings is 2. The molecule has 1 amide bonds. The molecule has 26 heavy (non-hydrogen) atoms. The van der Waals surface area contributed by atoms with E-state index in [1.807, 2.05) is 6.92 Å². The Bertz CT molecular complexity index is 996. The van der Waals surface area contributed by atoms with Gasteiger partial charge in [0.05, 0.1) is 11.6 Å². The lowest BCUT2D eigenvalue weighted by atomic mass is 9.99. The van der Waals surface area contributed by atoms with Gasteiger partial charge in [0.15, 0.2) is 0 Å². The Balaban J connectivity index is 1.94. The number of fused-ring (bicyclic) bond motifs is 1. The Labute approximate surface area is 154 Å². The van der Waals surface area contributed by atoms with Gasteiger partial charge in [-0.25, -0.2) is 0 Å². The molecule has 1 aliphatic carbocycles. The minimum atomic E-state index is -0.355. The van der Waals surface area contributed by atoms with Crippen molar-refractivity contribution in [2.45, 2.75) is 39.7 Å². The normalized spacial score (nSPS) is 15.9. The van der Waals surface area contributed by atoms with Crippen LogP contribution in [0.15, 0.2) is 48.5 Å². The number of hydrogen-bond donors (Lipinski definition) is 1. The van der Waals surface area contributed by atoms with E-state index in [9.17, 15) is 4.79 Å². The molecule has 0 bridgehead atoms. The van der Waals surface area contributed by atoms with Gasteiger partial charge < -0.3 is 10.3 Å². The number of primary amides is 1. The highest BCUT2D eigenvalue weighted by atomic mass is 16.1. The highest BCUT2D eigenvalue weighted by Crippen LogP contribution is 2.41. The SMILES string of the molecule is Cc1ccc(-c2c(C(N)=O)c(C)n(C3CCc4ccccc43)c2C)cc1. The second-order valence-corrected chi connectivity index (χ2v) is 7.27. The number of aryl methyl sites for hydroxylation is 2. The van der Waals surface area contributed by atoms with Crippen LogP contribution in [0.1, 0.15) is 50.9 Å². The van der Waals surface area contributed by atoms with Crippen LogP contribution in [0.3, 0.4) is 0 Å². The molecule has 3 nitrogen and oxygen atoms in total. The average molecular weight is 344 g/mol. The summed E-state index contributed by atoms with van der Waals surface area (Å²) in [5.41, 5.74) is 14.5. The first kappa shape index (κ1) is 16.6. The van der Waals surface area contributed by atoms with Crippen LogP contribution < -0.4 is 5.73 Å². The molecule has 1 aromatic heterocycles. The summed E-state index contributed by atoms with van der Waals surface area (Å²) in [6.45, 7) is 6.19. The minimum absolute atomic E-state index is 0.267. The molecule has 0 radical (unpaired) electrons. The lowest BCUT2D eigenvalue weighted by molar-refractivity contribution is 0.1000. The van der Waals surface area contributed by atoms with Crippen molar-refractivity contribution in [2.24, 2.45) is 5.73 Å². The lowest BCUT2D eigenvalue weighted by Gasteiger charge is -2.19. The molecule has 0 spiro atoms. The molecule has 1 heterocycles. The molecule has 1 aliphatic rings. The van der Waals surface area contributed by atoms with Crippen LogP contribution in [0.2, 0.25) is 0 Å². The molecule has 4 rings (SSSR count). The summed E-state index contributed by atoms with van der Waals surface area (Å²) in [7, 11) is 0. The van der Waals surface area contributed by atoms with Crippen LogP contribution in [0, 0.1) is 20.8 Å². The number of hydrogen-bond acceptors (Lipinski definition) is 1. The summed E-state index contributed by atoms with van der Waals surface area (Å²) in [6, 6.07) is 17.2. The zero-order chi connectivity index (χ0) is 18.4. The van der Waals surface area contributed by atoms with Crippen LogP contribution in [-0.4, -0.2) is 10.5 Å². The number of aromatic nitrogens is 1. The van der Waals surface area contributed by atoms with Gasteiger partial charge in [0.1, 0.15) is 0 Å². The van der Waals surface area contributed by atoms with Crippen molar-refractivity contribution in [3.63, 3.8) is 0 Å². The Kier molecular flexibility index (Phi) is 3.95. The summed E-state index contributed by atoms with van der Waals surface area (Å²) in [6.07, 6.45) is 2.13. The van der Waals surface area contributed by atoms with E-state index in [0.717, 1.165) is 35.4 Å². The second kappa shape index (κ2) is 6.17. The van der Waals surface area contributed by atoms with E-state index in [1.165, 1.54) is 16.7 Å². The Morgan fingerprint density at radius 1 is 1.00 bits per heavy atom. The average Bonchev–Trinajstić information content (AvgIpc) is 3.14. The van der Waals surface area contributed by atoms with Gasteiger partial charge in [-0.3, -0.25) is 4.79 Å². The fourth-order valence-corrected chi connectivity index (χ4v) is 4.50. The monoisotopic (exact) mass is 344 g/mol. The summed E-state index contributed by atoms with van der Waals surface area (Å²) < 4.78 is 2.32. The maximum Gasteiger partial charge on any atom is 0.251 e. The maximum atomic E-state index is 12.3. The molecule has 3 aromatic rings. The van der Waals surface area contributed by atoms with Crippen molar-refractivity contribution >= 4 is 5.91 Å². The van der Waals surface area contributed by atoms with Crippen LogP contribution >= 0.6 is 0 Å². The highest BCUT2D eigenvalue weighted by molar-refractivity contribution is 6.02. The molecule has 132 valence electrons. The van der Waals surface area contributed by atoms with Crippen LogP contribution in [0.4, 0.5) is 0 Å². The van der Waals surface area contributed by atoms with Gasteiger partial charge in [-0.15, -0.1) is 0 Å². The first-order chi connectivity index (χ1) is 12.5. The third-order valence-electron chi connectivity index (χ3n) is 5.70. The summed E-state index contributed by atoms with van der Waals surface area (Å²) in [5.74, 6) is -0.355. The number of amides is 1. The Hall–Kier alpha value is -2.81. The molecule has 0 fully saturated rings. The predicted molar refractivity (Wildman–Crippen MR) is 105 cm³/mol. The van der Waals surface area contributed by atoms with Crippen molar-refractivity contribution in [2.75, 3.05) is 0 Å². The van der Waals surface area contributed by atoms with E-state index in [2.05, 4.69) is 66.9 Å². The number of nitrogens with two attached hydrogens (primary N) is 1. The quantitative estimate of drug-likeness (QED) is 0.734. The topological polar surface area (TPSA) is 48.0 Å². The van der Waals surface area contributed by atoms with Gasteiger partial charge in [-0.05, 0) is 50.3 Å². The van der Waals surface area contributed by atoms with E-state index >= 15 is 0 Å². The third-order valence-corrected chi connectivity index (χ3v) is 5.70. The van der Waals surface area contributed by atoms with Crippen molar-refractivity contribution in [3.8, 4) is 11.1 Å². The predicted octanol–water partition coefficient (Wildman–Crippen LogP) is 4.71. The van der Waals surface area contributed by atoms with Crippen molar-refractivity contribution in [3.05, 3.63) is 82.2 Å². The summed E-state index contributed by atoms with van der Waals surface area (Å²) in [4.78, 5) is 12.3. The molecule has 0 saturated carbocycles. The third kappa shape index (κ3) is 2.47. The maximum absolute atomic E-state index is 12.3. The number of carbonyl (C=O) groups is 1. The molecule has 3 heteroatoms. The van der Waals surface area contributed by atoms with Crippen molar-refractivity contribution in [1.82, 2.24) is 4.57 Å². The lowest BCUT2D eigenvalue weighted by Crippen LogP contribution is -2.15. The van der Waals surface area contributed by atoms with Crippen LogP contribution in [0.5, 0.6) is 0 Å². The Morgan fingerprint density at radius 3 is 2.38 bits per heavy atom. The van der Waals surface area contributed by atoms with Gasteiger partial charge in [-0.2, -0.15) is 0 Å². The van der Waals surface area contributed by atoms with Crippen molar-refractivity contribution < 1.29 is 4.79 Å². The van der Waals surface area contributed by atoms with Crippen LogP contribution in [-0.2, 0) is 6.42 Å². The molecule has 0 saturated heterocycles. The van der Waals surface area contributed by atoms with Gasteiger partial charge in [0, 0.05) is 17.0 Å². The van der Waals surface area contributed by atoms with E-state index < -0.39 is 0 Å². The molecule has 2 aromatic carbocycles. The smallest absolute Gasteiger partial charge is 0.251 e. The zero-order valence-electron chi connectivity index (χ0n) is 15.5. The number of nitrogens with zero attached hydrogens (tertiary/aromatic N) is 1. The van der Waals surface area contributed by atoms with E-state index in [-0.39, 0.29) is 11.9 Å². The van der Waals surface area contributed by atoms with E-state index in [0.29, 0.717) is 5.56 Å². The largest absolute Gasteiger partial charge is 0.366 e. The molecule has 1 unspecified atom stereocenters. The van der Waals surface area contributed by atoms with Crippen LogP contribution in [0.25, 0.3) is 11.1 Å². The van der Waals surface area contributed by atoms with Crippen molar-refractivity contribution in [1.29, 1.82) is 0 Å².